The summed E-state index contributed by atoms with van der Waals surface area (Å²) >= 11 is 15.6. The van der Waals surface area contributed by atoms with Gasteiger partial charge in [-0.3, -0.25) is 0 Å². The number of halogens is 3. The molecule has 2 rings (SSSR count). The van der Waals surface area contributed by atoms with E-state index in [2.05, 4.69) is 22.9 Å². The predicted octanol–water partition coefficient (Wildman–Crippen LogP) is 5.59. The van der Waals surface area contributed by atoms with Gasteiger partial charge in [-0.2, -0.15) is 0 Å². The van der Waals surface area contributed by atoms with Crippen molar-refractivity contribution in [2.24, 2.45) is 5.73 Å². The minimum atomic E-state index is -0.314. The molecule has 21 heavy (non-hydrogen) atoms. The van der Waals surface area contributed by atoms with E-state index in [0.29, 0.717) is 16.7 Å². The molecule has 0 heterocycles. The first kappa shape index (κ1) is 16.6. The zero-order chi connectivity index (χ0) is 15.4. The molecule has 0 aliphatic carbocycles. The van der Waals surface area contributed by atoms with E-state index in [1.165, 1.54) is 0 Å². The van der Waals surface area contributed by atoms with Crippen LogP contribution in [-0.4, -0.2) is 6.61 Å². The highest BCUT2D eigenvalue weighted by atomic mass is 79.9. The summed E-state index contributed by atoms with van der Waals surface area (Å²) in [6, 6.07) is 10.9. The molecule has 0 fully saturated rings. The lowest BCUT2D eigenvalue weighted by atomic mass is 9.99. The fraction of sp³-hybridized carbons (Fsp3) is 0.250. The van der Waals surface area contributed by atoms with Gasteiger partial charge in [0.25, 0.3) is 0 Å². The van der Waals surface area contributed by atoms with Crippen LogP contribution in [0.1, 0.15) is 30.5 Å². The summed E-state index contributed by atoms with van der Waals surface area (Å²) in [5, 5.41) is 1.16. The molecule has 0 aliphatic rings. The summed E-state index contributed by atoms with van der Waals surface area (Å²) < 4.78 is 6.52. The van der Waals surface area contributed by atoms with Crippen LogP contribution in [0.5, 0.6) is 5.75 Å². The van der Waals surface area contributed by atoms with Crippen LogP contribution in [0.3, 0.4) is 0 Å². The van der Waals surface area contributed by atoms with Gasteiger partial charge in [0.2, 0.25) is 0 Å². The number of rotatable bonds is 5. The van der Waals surface area contributed by atoms with Crippen LogP contribution < -0.4 is 10.5 Å². The maximum absolute atomic E-state index is 6.30. The molecule has 2 aromatic rings. The van der Waals surface area contributed by atoms with Crippen molar-refractivity contribution in [3.05, 3.63) is 62.0 Å². The van der Waals surface area contributed by atoms with Crippen molar-refractivity contribution < 1.29 is 4.74 Å². The summed E-state index contributed by atoms with van der Waals surface area (Å²) in [5.74, 6) is 0.815. The van der Waals surface area contributed by atoms with Crippen LogP contribution in [0, 0.1) is 0 Å². The van der Waals surface area contributed by atoms with Crippen LogP contribution in [0.4, 0.5) is 0 Å². The van der Waals surface area contributed by atoms with E-state index in [0.717, 1.165) is 27.8 Å². The lowest BCUT2D eigenvalue weighted by Crippen LogP contribution is -2.12. The first-order valence-electron chi connectivity index (χ1n) is 6.65. The number of ether oxygens (including phenoxy) is 1. The van der Waals surface area contributed by atoms with Gasteiger partial charge in [-0.25, -0.2) is 0 Å². The minimum Gasteiger partial charge on any atom is -0.492 e. The third-order valence-electron chi connectivity index (χ3n) is 3.07. The van der Waals surface area contributed by atoms with Gasteiger partial charge < -0.3 is 10.5 Å². The number of nitrogens with two attached hydrogens (primary N) is 1. The van der Waals surface area contributed by atoms with Gasteiger partial charge in [0.15, 0.2) is 0 Å². The first-order chi connectivity index (χ1) is 10.0. The second kappa shape index (κ2) is 7.50. The first-order valence-corrected chi connectivity index (χ1v) is 8.20. The zero-order valence-electron chi connectivity index (χ0n) is 11.6. The van der Waals surface area contributed by atoms with E-state index in [1.54, 1.807) is 12.1 Å². The summed E-state index contributed by atoms with van der Waals surface area (Å²) in [6.07, 6.45) is 0.966. The van der Waals surface area contributed by atoms with Crippen LogP contribution in [0.2, 0.25) is 10.0 Å². The summed E-state index contributed by atoms with van der Waals surface area (Å²) in [7, 11) is 0. The van der Waals surface area contributed by atoms with E-state index >= 15 is 0 Å². The largest absolute Gasteiger partial charge is 0.492 e. The Kier molecular flexibility index (Phi) is 5.94. The second-order valence-corrected chi connectivity index (χ2v) is 6.38. The van der Waals surface area contributed by atoms with Crippen molar-refractivity contribution in [2.75, 3.05) is 6.61 Å². The highest BCUT2D eigenvalue weighted by Gasteiger charge is 2.14. The van der Waals surface area contributed by atoms with E-state index < -0.39 is 0 Å². The molecule has 0 radical (unpaired) electrons. The van der Waals surface area contributed by atoms with Crippen molar-refractivity contribution in [1.82, 2.24) is 0 Å². The van der Waals surface area contributed by atoms with E-state index in [9.17, 15) is 0 Å². The average molecular weight is 389 g/mol. The molecule has 112 valence electrons. The maximum Gasteiger partial charge on any atom is 0.133 e. The molecular weight excluding hydrogens is 373 g/mol. The molecule has 0 amide bonds. The Morgan fingerprint density at radius 2 is 1.95 bits per heavy atom. The third kappa shape index (κ3) is 4.13. The van der Waals surface area contributed by atoms with Gasteiger partial charge in [0.1, 0.15) is 5.75 Å². The molecular formula is C16H16BrCl2NO. The normalized spacial score (nSPS) is 12.2. The molecule has 0 aromatic heterocycles. The number of hydrogen-bond donors (Lipinski definition) is 1. The Labute approximate surface area is 143 Å². The monoisotopic (exact) mass is 387 g/mol. The zero-order valence-corrected chi connectivity index (χ0v) is 14.7. The van der Waals surface area contributed by atoms with E-state index in [4.69, 9.17) is 33.7 Å². The molecule has 0 aliphatic heterocycles. The van der Waals surface area contributed by atoms with Crippen molar-refractivity contribution in [1.29, 1.82) is 0 Å². The molecule has 2 nitrogen and oxygen atoms in total. The Hall–Kier alpha value is -0.740. The van der Waals surface area contributed by atoms with Crippen molar-refractivity contribution in [3.8, 4) is 5.75 Å². The van der Waals surface area contributed by atoms with Crippen molar-refractivity contribution >= 4 is 39.1 Å². The highest BCUT2D eigenvalue weighted by Crippen LogP contribution is 2.33. The van der Waals surface area contributed by atoms with Crippen LogP contribution in [0.15, 0.2) is 40.9 Å². The molecule has 0 saturated heterocycles. The quantitative estimate of drug-likeness (QED) is 0.724. The highest BCUT2D eigenvalue weighted by molar-refractivity contribution is 9.10. The summed E-state index contributed by atoms with van der Waals surface area (Å²) in [4.78, 5) is 0. The SMILES string of the molecule is CCCOc1ccc(C(N)c2ccc(Cl)cc2Cl)cc1Br. The van der Waals surface area contributed by atoms with Crippen molar-refractivity contribution in [2.45, 2.75) is 19.4 Å². The topological polar surface area (TPSA) is 35.2 Å². The molecule has 0 spiro atoms. The fourth-order valence-corrected chi connectivity index (χ4v) is 3.01. The minimum absolute atomic E-state index is 0.314. The summed E-state index contributed by atoms with van der Waals surface area (Å²) in [6.45, 7) is 2.76. The number of benzene rings is 2. The smallest absolute Gasteiger partial charge is 0.133 e. The Morgan fingerprint density at radius 3 is 2.57 bits per heavy atom. The van der Waals surface area contributed by atoms with Gasteiger partial charge in [-0.05, 0) is 57.7 Å². The molecule has 1 unspecified atom stereocenters. The summed E-state index contributed by atoms with van der Waals surface area (Å²) in [5.41, 5.74) is 8.09. The van der Waals surface area contributed by atoms with Crippen LogP contribution in [0.25, 0.3) is 0 Å². The molecule has 5 heteroatoms. The fourth-order valence-electron chi connectivity index (χ4n) is 1.97. The number of hydrogen-bond acceptors (Lipinski definition) is 2. The van der Waals surface area contributed by atoms with E-state index in [-0.39, 0.29) is 6.04 Å². The lowest BCUT2D eigenvalue weighted by molar-refractivity contribution is 0.315. The Morgan fingerprint density at radius 1 is 1.19 bits per heavy atom. The Balaban J connectivity index is 2.27. The van der Waals surface area contributed by atoms with Gasteiger partial charge in [0.05, 0.1) is 17.1 Å². The Bertz CT molecular complexity index is 634. The van der Waals surface area contributed by atoms with Gasteiger partial charge in [-0.15, -0.1) is 0 Å². The molecule has 2 N–H and O–H groups in total. The predicted molar refractivity (Wildman–Crippen MR) is 92.4 cm³/mol. The third-order valence-corrected chi connectivity index (χ3v) is 4.26. The van der Waals surface area contributed by atoms with Crippen LogP contribution >= 0.6 is 39.1 Å². The van der Waals surface area contributed by atoms with E-state index in [1.807, 2.05) is 24.3 Å². The average Bonchev–Trinajstić information content (AvgIpc) is 2.45. The van der Waals surface area contributed by atoms with Crippen molar-refractivity contribution in [3.63, 3.8) is 0 Å². The molecule has 0 bridgehead atoms. The van der Waals surface area contributed by atoms with Gasteiger partial charge >= 0.3 is 0 Å². The molecule has 1 atom stereocenters. The van der Waals surface area contributed by atoms with Crippen LogP contribution in [-0.2, 0) is 0 Å². The second-order valence-electron chi connectivity index (χ2n) is 4.68. The molecule has 2 aromatic carbocycles. The lowest BCUT2D eigenvalue weighted by Gasteiger charge is -2.16. The maximum atomic E-state index is 6.30. The van der Waals surface area contributed by atoms with Gasteiger partial charge in [0, 0.05) is 10.0 Å². The molecule has 0 saturated carbocycles. The standard InChI is InChI=1S/C16H16BrCl2NO/c1-2-7-21-15-6-3-10(8-13(15)17)16(20)12-5-4-11(18)9-14(12)19/h3-6,8-9,16H,2,7,20H2,1H3. The van der Waals surface area contributed by atoms with Gasteiger partial charge in [-0.1, -0.05) is 42.3 Å².